The van der Waals surface area contributed by atoms with Gasteiger partial charge in [0.2, 0.25) is 0 Å². The van der Waals surface area contributed by atoms with E-state index in [1.54, 1.807) is 6.33 Å². The summed E-state index contributed by atoms with van der Waals surface area (Å²) in [6, 6.07) is 6.06. The third kappa shape index (κ3) is 2.68. The molecule has 80 valence electrons. The van der Waals surface area contributed by atoms with Crippen molar-refractivity contribution in [3.8, 4) is 11.5 Å². The molecular formula is C13H14N2Si. The lowest BCUT2D eigenvalue weighted by Crippen LogP contribution is -2.16. The van der Waals surface area contributed by atoms with Gasteiger partial charge in [0.15, 0.2) is 0 Å². The van der Waals surface area contributed by atoms with E-state index in [9.17, 15) is 0 Å². The van der Waals surface area contributed by atoms with Crippen LogP contribution < -0.4 is 0 Å². The molecule has 3 heteroatoms. The van der Waals surface area contributed by atoms with Crippen LogP contribution in [0.2, 0.25) is 19.6 Å². The Morgan fingerprint density at radius 1 is 1.19 bits per heavy atom. The van der Waals surface area contributed by atoms with Crippen molar-refractivity contribution in [2.24, 2.45) is 0 Å². The number of hydrogen-bond acceptors (Lipinski definition) is 2. The summed E-state index contributed by atoms with van der Waals surface area (Å²) in [5, 5.41) is 1.06. The molecule has 2 rings (SSSR count). The highest BCUT2D eigenvalue weighted by Gasteiger charge is 2.07. The van der Waals surface area contributed by atoms with E-state index in [1.165, 1.54) is 0 Å². The van der Waals surface area contributed by atoms with Crippen molar-refractivity contribution in [1.29, 1.82) is 0 Å². The first-order valence-corrected chi connectivity index (χ1v) is 8.77. The molecular weight excluding hydrogens is 212 g/mol. The second kappa shape index (κ2) is 4.07. The number of fused-ring (bicyclic) bond motifs is 1. The fourth-order valence-corrected chi connectivity index (χ4v) is 1.83. The van der Waals surface area contributed by atoms with E-state index in [1.807, 2.05) is 24.4 Å². The van der Waals surface area contributed by atoms with E-state index in [4.69, 9.17) is 0 Å². The maximum absolute atomic E-state index is 4.22. The number of benzene rings is 1. The Balaban J connectivity index is 2.43. The van der Waals surface area contributed by atoms with Gasteiger partial charge < -0.3 is 0 Å². The minimum atomic E-state index is -1.30. The van der Waals surface area contributed by atoms with Gasteiger partial charge >= 0.3 is 0 Å². The van der Waals surface area contributed by atoms with Gasteiger partial charge in [-0.3, -0.25) is 0 Å². The first-order valence-electron chi connectivity index (χ1n) is 5.27. The first-order chi connectivity index (χ1) is 7.54. The molecule has 0 fully saturated rings. The van der Waals surface area contributed by atoms with Gasteiger partial charge in [0, 0.05) is 17.1 Å². The van der Waals surface area contributed by atoms with Crippen LogP contribution in [0.25, 0.3) is 10.9 Å². The van der Waals surface area contributed by atoms with Crippen molar-refractivity contribution >= 4 is 19.0 Å². The summed E-state index contributed by atoms with van der Waals surface area (Å²) in [7, 11) is -1.30. The third-order valence-electron chi connectivity index (χ3n) is 2.09. The van der Waals surface area contributed by atoms with Crippen LogP contribution in [0, 0.1) is 11.5 Å². The molecule has 0 unspecified atom stereocenters. The van der Waals surface area contributed by atoms with Gasteiger partial charge in [-0.2, -0.15) is 0 Å². The van der Waals surface area contributed by atoms with E-state index < -0.39 is 8.07 Å². The second-order valence-electron chi connectivity index (χ2n) is 4.80. The Morgan fingerprint density at radius 2 is 2.00 bits per heavy atom. The molecule has 0 aliphatic heterocycles. The monoisotopic (exact) mass is 226 g/mol. The molecule has 1 heterocycles. The van der Waals surface area contributed by atoms with Crippen LogP contribution in [0.3, 0.4) is 0 Å². The Hall–Kier alpha value is -1.66. The largest absolute Gasteiger partial charge is 0.244 e. The molecule has 0 radical (unpaired) electrons. The average Bonchev–Trinajstić information content (AvgIpc) is 2.25. The molecule has 2 aromatic rings. The zero-order chi connectivity index (χ0) is 11.6. The van der Waals surface area contributed by atoms with Gasteiger partial charge in [-0.25, -0.2) is 9.97 Å². The Morgan fingerprint density at radius 3 is 2.75 bits per heavy atom. The van der Waals surface area contributed by atoms with Crippen LogP contribution in [-0.2, 0) is 0 Å². The summed E-state index contributed by atoms with van der Waals surface area (Å²) >= 11 is 0. The normalized spacial score (nSPS) is 10.9. The predicted molar refractivity (Wildman–Crippen MR) is 69.8 cm³/mol. The number of aromatic nitrogens is 2. The molecule has 0 amide bonds. The van der Waals surface area contributed by atoms with E-state index in [2.05, 4.69) is 41.1 Å². The number of rotatable bonds is 0. The molecule has 0 spiro atoms. The molecule has 1 aromatic carbocycles. The minimum Gasteiger partial charge on any atom is -0.244 e. The van der Waals surface area contributed by atoms with Gasteiger partial charge in [0.25, 0.3) is 0 Å². The molecule has 16 heavy (non-hydrogen) atoms. The summed E-state index contributed by atoms with van der Waals surface area (Å²) in [6.07, 6.45) is 3.39. The van der Waals surface area contributed by atoms with Crippen molar-refractivity contribution in [2.45, 2.75) is 19.6 Å². The van der Waals surface area contributed by atoms with Crippen molar-refractivity contribution in [2.75, 3.05) is 0 Å². The van der Waals surface area contributed by atoms with Crippen LogP contribution in [0.5, 0.6) is 0 Å². The lowest BCUT2D eigenvalue weighted by atomic mass is 10.2. The predicted octanol–water partition coefficient (Wildman–Crippen LogP) is 2.86. The van der Waals surface area contributed by atoms with Crippen LogP contribution in [0.1, 0.15) is 5.56 Å². The molecule has 0 atom stereocenters. The van der Waals surface area contributed by atoms with Crippen molar-refractivity contribution in [3.05, 3.63) is 36.3 Å². The summed E-state index contributed by atoms with van der Waals surface area (Å²) in [5.41, 5.74) is 5.34. The van der Waals surface area contributed by atoms with Crippen molar-refractivity contribution in [3.63, 3.8) is 0 Å². The van der Waals surface area contributed by atoms with Crippen molar-refractivity contribution in [1.82, 2.24) is 9.97 Å². The van der Waals surface area contributed by atoms with Gasteiger partial charge in [-0.15, -0.1) is 5.54 Å². The molecule has 0 aliphatic rings. The molecule has 0 N–H and O–H groups in total. The van der Waals surface area contributed by atoms with E-state index in [-0.39, 0.29) is 0 Å². The molecule has 0 saturated carbocycles. The van der Waals surface area contributed by atoms with E-state index >= 15 is 0 Å². The molecule has 0 saturated heterocycles. The van der Waals surface area contributed by atoms with Crippen LogP contribution in [0.15, 0.2) is 30.7 Å². The topological polar surface area (TPSA) is 25.8 Å². The Labute approximate surface area is 96.8 Å². The van der Waals surface area contributed by atoms with Gasteiger partial charge in [-0.1, -0.05) is 31.6 Å². The SMILES string of the molecule is C[Si](C)(C)C#Cc1ccc2cncnc2c1. The van der Waals surface area contributed by atoms with Crippen LogP contribution in [-0.4, -0.2) is 18.0 Å². The second-order valence-corrected chi connectivity index (χ2v) is 9.55. The molecule has 2 nitrogen and oxygen atoms in total. The summed E-state index contributed by atoms with van der Waals surface area (Å²) in [5.74, 6) is 3.23. The smallest absolute Gasteiger partial charge is 0.129 e. The summed E-state index contributed by atoms with van der Waals surface area (Å²) < 4.78 is 0. The highest BCUT2D eigenvalue weighted by molar-refractivity contribution is 6.83. The van der Waals surface area contributed by atoms with Gasteiger partial charge in [-0.05, 0) is 12.1 Å². The number of nitrogens with zero attached hydrogens (tertiary/aromatic N) is 2. The highest BCUT2D eigenvalue weighted by Crippen LogP contribution is 2.11. The van der Waals surface area contributed by atoms with Crippen molar-refractivity contribution < 1.29 is 0 Å². The third-order valence-corrected chi connectivity index (χ3v) is 2.96. The van der Waals surface area contributed by atoms with Gasteiger partial charge in [0.05, 0.1) is 5.52 Å². The quantitative estimate of drug-likeness (QED) is 0.510. The fraction of sp³-hybridized carbons (Fsp3) is 0.231. The Kier molecular flexibility index (Phi) is 2.76. The average molecular weight is 226 g/mol. The molecule has 1 aromatic heterocycles. The lowest BCUT2D eigenvalue weighted by molar-refractivity contribution is 1.22. The van der Waals surface area contributed by atoms with E-state index in [0.717, 1.165) is 16.5 Å². The maximum atomic E-state index is 4.22. The van der Waals surface area contributed by atoms with Gasteiger partial charge in [0.1, 0.15) is 14.4 Å². The highest BCUT2D eigenvalue weighted by atomic mass is 28.3. The standard InChI is InChI=1S/C13H14N2Si/c1-16(2,3)7-6-11-4-5-12-9-14-10-15-13(12)8-11/h4-5,8-10H,1-3H3. The zero-order valence-corrected chi connectivity index (χ0v) is 10.8. The summed E-state index contributed by atoms with van der Waals surface area (Å²) in [6.45, 7) is 6.72. The molecule has 0 aliphatic carbocycles. The molecule has 0 bridgehead atoms. The zero-order valence-electron chi connectivity index (χ0n) is 9.78. The number of hydrogen-bond donors (Lipinski definition) is 0. The first kappa shape index (κ1) is 10.8. The lowest BCUT2D eigenvalue weighted by Gasteiger charge is -2.03. The minimum absolute atomic E-state index is 0.956. The van der Waals surface area contributed by atoms with Crippen LogP contribution >= 0.6 is 0 Å². The maximum Gasteiger partial charge on any atom is 0.129 e. The fourth-order valence-electron chi connectivity index (χ4n) is 1.31. The van der Waals surface area contributed by atoms with Crippen LogP contribution in [0.4, 0.5) is 0 Å². The Bertz CT molecular complexity index is 573. The van der Waals surface area contributed by atoms with E-state index in [0.29, 0.717) is 0 Å². The summed E-state index contributed by atoms with van der Waals surface area (Å²) in [4.78, 5) is 8.21.